The van der Waals surface area contributed by atoms with E-state index in [1.807, 2.05) is 32.9 Å². The fraction of sp³-hybridized carbons (Fsp3) is 0.429. The number of benzene rings is 1. The molecule has 1 aromatic carbocycles. The summed E-state index contributed by atoms with van der Waals surface area (Å²) in [6, 6.07) is 8.44. The molecule has 0 radical (unpaired) electrons. The molecule has 2 nitrogen and oxygen atoms in total. The van der Waals surface area contributed by atoms with Crippen molar-refractivity contribution in [3.63, 3.8) is 0 Å². The van der Waals surface area contributed by atoms with Crippen LogP contribution in [0.3, 0.4) is 0 Å². The Labute approximate surface area is 116 Å². The van der Waals surface area contributed by atoms with E-state index >= 15 is 0 Å². The van der Waals surface area contributed by atoms with E-state index in [0.717, 1.165) is 0 Å². The van der Waals surface area contributed by atoms with Gasteiger partial charge in [0.1, 0.15) is 4.75 Å². The number of hydrogen-bond acceptors (Lipinski definition) is 3. The topological polar surface area (TPSA) is 35.1 Å². The number of hydrogen-bond donors (Lipinski definition) is 1. The first-order valence-electron chi connectivity index (χ1n) is 6.04. The van der Waals surface area contributed by atoms with E-state index in [-0.39, 0.29) is 10.8 Å². The summed E-state index contributed by atoms with van der Waals surface area (Å²) in [7, 11) is 0. The molecule has 0 bridgehead atoms. The lowest BCUT2D eigenvalue weighted by Crippen LogP contribution is -2.40. The Hall–Kier alpha value is -0.550. The van der Waals surface area contributed by atoms with Crippen LogP contribution in [0.25, 0.3) is 10.1 Å². The minimum Gasteiger partial charge on any atom is -0.598 e. The van der Waals surface area contributed by atoms with Crippen molar-refractivity contribution >= 4 is 32.8 Å². The van der Waals surface area contributed by atoms with Gasteiger partial charge in [-0.1, -0.05) is 18.2 Å². The fourth-order valence-electron chi connectivity index (χ4n) is 1.73. The molecular formula is C14H19NOS2. The van der Waals surface area contributed by atoms with E-state index in [4.69, 9.17) is 0 Å². The van der Waals surface area contributed by atoms with Gasteiger partial charge in [-0.05, 0) is 50.1 Å². The second-order valence-corrected chi connectivity index (χ2v) is 8.32. The summed E-state index contributed by atoms with van der Waals surface area (Å²) in [5.74, 6) is 0. The molecule has 0 saturated carbocycles. The molecule has 0 aliphatic heterocycles. The monoisotopic (exact) mass is 281 g/mol. The molecule has 0 fully saturated rings. The summed E-state index contributed by atoms with van der Waals surface area (Å²) < 4.78 is 16.3. The van der Waals surface area contributed by atoms with Crippen LogP contribution >= 0.6 is 11.3 Å². The fourth-order valence-corrected chi connectivity index (χ4v) is 3.59. The van der Waals surface area contributed by atoms with Gasteiger partial charge in [0.25, 0.3) is 0 Å². The molecule has 98 valence electrons. The predicted molar refractivity (Wildman–Crippen MR) is 81.3 cm³/mol. The van der Waals surface area contributed by atoms with Crippen molar-refractivity contribution in [1.82, 2.24) is 4.72 Å². The summed E-state index contributed by atoms with van der Waals surface area (Å²) >= 11 is 0.698. The molecule has 4 heteroatoms. The Bertz CT molecular complexity index is 530. The second-order valence-electron chi connectivity index (χ2n) is 5.41. The average Bonchev–Trinajstić information content (AvgIpc) is 2.71. The van der Waals surface area contributed by atoms with Crippen LogP contribution in [0, 0.1) is 0 Å². The van der Waals surface area contributed by atoms with Crippen molar-refractivity contribution in [1.29, 1.82) is 0 Å². The van der Waals surface area contributed by atoms with Crippen molar-refractivity contribution < 1.29 is 4.55 Å². The molecular weight excluding hydrogens is 262 g/mol. The standard InChI is InChI=1S/C14H19NOS2/c1-10(15-18(16)14(2,3)4)12-9-17-13-8-6-5-7-11(12)13/h5-10,15H,1-4H3/t10-,18+/m1/s1. The summed E-state index contributed by atoms with van der Waals surface area (Å²) in [5.41, 5.74) is 1.23. The molecule has 0 spiro atoms. The van der Waals surface area contributed by atoms with Crippen LogP contribution in [0.4, 0.5) is 0 Å². The van der Waals surface area contributed by atoms with Crippen LogP contribution in [0.15, 0.2) is 29.6 Å². The molecule has 1 N–H and O–H groups in total. The molecule has 0 amide bonds. The first kappa shape index (κ1) is 13.9. The van der Waals surface area contributed by atoms with Gasteiger partial charge in [0.2, 0.25) is 0 Å². The molecule has 0 saturated heterocycles. The Morgan fingerprint density at radius 1 is 1.28 bits per heavy atom. The maximum atomic E-state index is 12.1. The number of rotatable bonds is 3. The van der Waals surface area contributed by atoms with Gasteiger partial charge in [0.05, 0.1) is 6.04 Å². The molecule has 2 atom stereocenters. The Kier molecular flexibility index (Phi) is 4.02. The van der Waals surface area contributed by atoms with Gasteiger partial charge in [0, 0.05) is 16.1 Å². The summed E-state index contributed by atoms with van der Waals surface area (Å²) in [6.07, 6.45) is 0. The molecule has 1 heterocycles. The SMILES string of the molecule is C[C@@H](N[S@@+]([O-])C(C)(C)C)c1csc2ccccc12. The van der Waals surface area contributed by atoms with E-state index in [1.54, 1.807) is 11.3 Å². The molecule has 2 aromatic rings. The molecule has 18 heavy (non-hydrogen) atoms. The van der Waals surface area contributed by atoms with Gasteiger partial charge in [0.15, 0.2) is 0 Å². The highest BCUT2D eigenvalue weighted by Gasteiger charge is 2.28. The highest BCUT2D eigenvalue weighted by atomic mass is 32.2. The highest BCUT2D eigenvalue weighted by molar-refractivity contribution is 7.90. The van der Waals surface area contributed by atoms with Crippen LogP contribution in [0.2, 0.25) is 0 Å². The van der Waals surface area contributed by atoms with Crippen LogP contribution in [0.5, 0.6) is 0 Å². The molecule has 2 rings (SSSR count). The number of fused-ring (bicyclic) bond motifs is 1. The van der Waals surface area contributed by atoms with Gasteiger partial charge in [-0.15, -0.1) is 16.1 Å². The third-order valence-electron chi connectivity index (χ3n) is 2.82. The summed E-state index contributed by atoms with van der Waals surface area (Å²) in [5, 5.41) is 3.41. The van der Waals surface area contributed by atoms with Crippen molar-refractivity contribution in [3.05, 3.63) is 35.2 Å². The van der Waals surface area contributed by atoms with E-state index in [2.05, 4.69) is 29.2 Å². The zero-order valence-electron chi connectivity index (χ0n) is 11.2. The van der Waals surface area contributed by atoms with Gasteiger partial charge < -0.3 is 4.55 Å². The minimum absolute atomic E-state index is 0.0983. The lowest BCUT2D eigenvalue weighted by Gasteiger charge is -2.26. The Morgan fingerprint density at radius 3 is 2.61 bits per heavy atom. The number of nitrogens with one attached hydrogen (secondary N) is 1. The van der Waals surface area contributed by atoms with Gasteiger partial charge in [-0.25, -0.2) is 0 Å². The predicted octanol–water partition coefficient (Wildman–Crippen LogP) is 4.01. The molecule has 0 aliphatic rings. The third kappa shape index (κ3) is 2.88. The van der Waals surface area contributed by atoms with Gasteiger partial charge >= 0.3 is 0 Å². The van der Waals surface area contributed by atoms with E-state index in [0.29, 0.717) is 0 Å². The van der Waals surface area contributed by atoms with Gasteiger partial charge in [-0.3, -0.25) is 0 Å². The quantitative estimate of drug-likeness (QED) is 0.863. The maximum absolute atomic E-state index is 12.1. The average molecular weight is 281 g/mol. The molecule has 0 aliphatic carbocycles. The van der Waals surface area contributed by atoms with Crippen molar-refractivity contribution in [2.75, 3.05) is 0 Å². The smallest absolute Gasteiger partial charge is 0.136 e. The first-order chi connectivity index (χ1) is 8.39. The molecule has 0 unspecified atom stereocenters. The van der Waals surface area contributed by atoms with Crippen molar-refractivity contribution in [2.45, 2.75) is 38.5 Å². The van der Waals surface area contributed by atoms with Crippen LogP contribution < -0.4 is 4.72 Å². The number of thiophene rings is 1. The summed E-state index contributed by atoms with van der Waals surface area (Å²) in [4.78, 5) is 0. The Balaban J connectivity index is 2.21. The molecule has 1 aromatic heterocycles. The van der Waals surface area contributed by atoms with Crippen LogP contribution in [-0.4, -0.2) is 9.30 Å². The van der Waals surface area contributed by atoms with Crippen LogP contribution in [-0.2, 0) is 11.4 Å². The van der Waals surface area contributed by atoms with Crippen molar-refractivity contribution in [3.8, 4) is 0 Å². The Morgan fingerprint density at radius 2 is 1.94 bits per heavy atom. The maximum Gasteiger partial charge on any atom is 0.136 e. The lowest BCUT2D eigenvalue weighted by atomic mass is 10.1. The largest absolute Gasteiger partial charge is 0.598 e. The van der Waals surface area contributed by atoms with E-state index in [9.17, 15) is 4.55 Å². The van der Waals surface area contributed by atoms with E-state index < -0.39 is 11.4 Å². The lowest BCUT2D eigenvalue weighted by molar-refractivity contribution is 0.532. The zero-order chi connectivity index (χ0) is 13.3. The van der Waals surface area contributed by atoms with Crippen molar-refractivity contribution in [2.24, 2.45) is 0 Å². The summed E-state index contributed by atoms with van der Waals surface area (Å²) in [6.45, 7) is 8.01. The second kappa shape index (κ2) is 5.21. The van der Waals surface area contributed by atoms with Gasteiger partial charge in [-0.2, -0.15) is 0 Å². The third-order valence-corrected chi connectivity index (χ3v) is 5.48. The van der Waals surface area contributed by atoms with Crippen LogP contribution in [0.1, 0.15) is 39.3 Å². The minimum atomic E-state index is -1.04. The highest BCUT2D eigenvalue weighted by Crippen LogP contribution is 2.31. The van der Waals surface area contributed by atoms with E-state index in [1.165, 1.54) is 15.6 Å². The zero-order valence-corrected chi connectivity index (χ0v) is 12.8. The normalized spacial score (nSPS) is 15.8. The first-order valence-corrected chi connectivity index (χ1v) is 8.06.